The molecule has 9 nitrogen and oxygen atoms in total. The van der Waals surface area contributed by atoms with Gasteiger partial charge in [-0.15, -0.1) is 0 Å². The number of rotatable bonds is 7. The fourth-order valence-electron chi connectivity index (χ4n) is 3.90. The highest BCUT2D eigenvalue weighted by Gasteiger charge is 2.21. The van der Waals surface area contributed by atoms with Gasteiger partial charge in [0.05, 0.1) is 17.0 Å². The van der Waals surface area contributed by atoms with Crippen LogP contribution in [0.4, 0.5) is 11.4 Å². The zero-order valence-electron chi connectivity index (χ0n) is 19.6. The Balaban J connectivity index is 1.83. The van der Waals surface area contributed by atoms with Crippen molar-refractivity contribution in [2.45, 2.75) is 20.4 Å². The van der Waals surface area contributed by atoms with Crippen LogP contribution in [0.25, 0.3) is 10.8 Å². The maximum Gasteiger partial charge on any atom is 0.270 e. The molecule has 4 rings (SSSR count). The van der Waals surface area contributed by atoms with Crippen molar-refractivity contribution in [3.8, 4) is 17.2 Å². The molecule has 0 spiro atoms. The lowest BCUT2D eigenvalue weighted by molar-refractivity contribution is -0.384. The van der Waals surface area contributed by atoms with Gasteiger partial charge in [0, 0.05) is 41.1 Å². The molecule has 182 valence electrons. The normalized spacial score (nSPS) is 10.7. The van der Waals surface area contributed by atoms with E-state index in [-0.39, 0.29) is 41.0 Å². The molecule has 0 aromatic heterocycles. The highest BCUT2D eigenvalue weighted by molar-refractivity contribution is 6.05. The van der Waals surface area contributed by atoms with Crippen LogP contribution in [0.5, 0.6) is 17.2 Å². The number of amides is 2. The summed E-state index contributed by atoms with van der Waals surface area (Å²) in [6, 6.07) is 19.5. The lowest BCUT2D eigenvalue weighted by atomic mass is 10.0. The summed E-state index contributed by atoms with van der Waals surface area (Å²) in [5.41, 5.74) is 7.17. The van der Waals surface area contributed by atoms with E-state index < -0.39 is 10.8 Å². The second-order valence-corrected chi connectivity index (χ2v) is 8.27. The number of fused-ring (bicyclic) bond motifs is 1. The van der Waals surface area contributed by atoms with Crippen molar-refractivity contribution in [2.24, 2.45) is 5.73 Å². The Kier molecular flexibility index (Phi) is 6.56. The molecule has 0 fully saturated rings. The van der Waals surface area contributed by atoms with Gasteiger partial charge in [-0.05, 0) is 31.2 Å². The van der Waals surface area contributed by atoms with Gasteiger partial charge in [-0.25, -0.2) is 0 Å². The number of anilines is 1. The zero-order chi connectivity index (χ0) is 26.0. The van der Waals surface area contributed by atoms with Crippen LogP contribution >= 0.6 is 0 Å². The number of carbonyl (C=O) groups is 2. The van der Waals surface area contributed by atoms with Crippen molar-refractivity contribution in [3.63, 3.8) is 0 Å². The quantitative estimate of drug-likeness (QED) is 0.273. The molecule has 0 heterocycles. The molecular weight excluding hydrogens is 462 g/mol. The number of nitrogens with two attached hydrogens (primary N) is 1. The Labute approximate surface area is 206 Å². The molecule has 0 saturated carbocycles. The first-order chi connectivity index (χ1) is 17.2. The molecule has 2 amide bonds. The molecule has 0 aliphatic rings. The fourth-order valence-corrected chi connectivity index (χ4v) is 3.90. The molecule has 3 N–H and O–H groups in total. The Hall–Kier alpha value is -4.92. The first-order valence-corrected chi connectivity index (χ1v) is 11.0. The molecular formula is C27H23N3O6. The number of hydrogen-bond donors (Lipinski definition) is 2. The van der Waals surface area contributed by atoms with Crippen LogP contribution < -0.4 is 15.4 Å². The summed E-state index contributed by atoms with van der Waals surface area (Å²) < 4.78 is 6.16. The second kappa shape index (κ2) is 9.75. The fraction of sp³-hybridized carbons (Fsp3) is 0.111. The number of phenols is 1. The van der Waals surface area contributed by atoms with Crippen LogP contribution in [0, 0.1) is 17.0 Å². The highest BCUT2D eigenvalue weighted by atomic mass is 16.6. The van der Waals surface area contributed by atoms with Crippen LogP contribution in [0.1, 0.15) is 28.4 Å². The minimum absolute atomic E-state index is 0.00585. The van der Waals surface area contributed by atoms with Gasteiger partial charge >= 0.3 is 0 Å². The van der Waals surface area contributed by atoms with E-state index in [0.29, 0.717) is 22.0 Å². The molecule has 36 heavy (non-hydrogen) atoms. The van der Waals surface area contributed by atoms with Crippen molar-refractivity contribution >= 4 is 34.0 Å². The lowest BCUT2D eigenvalue weighted by Gasteiger charge is -2.23. The van der Waals surface area contributed by atoms with E-state index in [1.54, 1.807) is 36.4 Å². The number of primary amides is 1. The second-order valence-electron chi connectivity index (χ2n) is 8.27. The summed E-state index contributed by atoms with van der Waals surface area (Å²) in [6.45, 7) is 3.33. The van der Waals surface area contributed by atoms with Gasteiger partial charge < -0.3 is 20.5 Å². The van der Waals surface area contributed by atoms with Gasteiger partial charge in [0.1, 0.15) is 17.2 Å². The number of non-ortho nitro benzene ring substituents is 1. The van der Waals surface area contributed by atoms with E-state index in [4.69, 9.17) is 10.5 Å². The van der Waals surface area contributed by atoms with Crippen LogP contribution in [-0.2, 0) is 11.3 Å². The van der Waals surface area contributed by atoms with Crippen molar-refractivity contribution in [1.82, 2.24) is 0 Å². The number of nitro benzene ring substituents is 1. The van der Waals surface area contributed by atoms with Crippen LogP contribution in [-0.4, -0.2) is 21.8 Å². The molecule has 9 heteroatoms. The molecule has 4 aromatic carbocycles. The van der Waals surface area contributed by atoms with Crippen molar-refractivity contribution in [1.29, 1.82) is 0 Å². The predicted octanol–water partition coefficient (Wildman–Crippen LogP) is 5.21. The summed E-state index contributed by atoms with van der Waals surface area (Å²) in [5.74, 6) is -0.907. The van der Waals surface area contributed by atoms with Crippen molar-refractivity contribution in [2.75, 3.05) is 4.90 Å². The van der Waals surface area contributed by atoms with E-state index in [1.165, 1.54) is 36.1 Å². The Morgan fingerprint density at radius 1 is 1.00 bits per heavy atom. The molecule has 4 aromatic rings. The molecule has 0 unspecified atom stereocenters. The third-order valence-electron chi connectivity index (χ3n) is 5.77. The highest BCUT2D eigenvalue weighted by Crippen LogP contribution is 2.39. The van der Waals surface area contributed by atoms with Gasteiger partial charge in [0.2, 0.25) is 5.91 Å². The smallest absolute Gasteiger partial charge is 0.270 e. The predicted molar refractivity (Wildman–Crippen MR) is 135 cm³/mol. The number of hydrogen-bond acceptors (Lipinski definition) is 6. The number of aryl methyl sites for hydroxylation is 1. The summed E-state index contributed by atoms with van der Waals surface area (Å²) in [6.07, 6.45) is 0. The van der Waals surface area contributed by atoms with Gasteiger partial charge in [-0.3, -0.25) is 19.7 Å². The Bertz CT molecular complexity index is 1500. The van der Waals surface area contributed by atoms with E-state index in [0.717, 1.165) is 5.56 Å². The van der Waals surface area contributed by atoms with Gasteiger partial charge in [-0.2, -0.15) is 0 Å². The SMILES string of the molecule is CC(=O)N(Cc1cc([N+](=O)[O-])ccc1Oc1cc(C(N)=O)c(O)c2ccccc12)c1ccc(C)cc1. The van der Waals surface area contributed by atoms with Gasteiger partial charge in [0.15, 0.2) is 0 Å². The molecule has 0 radical (unpaired) electrons. The molecule has 0 bridgehead atoms. The Morgan fingerprint density at radius 3 is 2.28 bits per heavy atom. The minimum atomic E-state index is -0.839. The molecule has 0 aliphatic carbocycles. The number of ether oxygens (including phenoxy) is 1. The summed E-state index contributed by atoms with van der Waals surface area (Å²) in [7, 11) is 0. The number of aromatic hydroxyl groups is 1. The van der Waals surface area contributed by atoms with Crippen molar-refractivity contribution in [3.05, 3.63) is 99.6 Å². The maximum absolute atomic E-state index is 12.5. The van der Waals surface area contributed by atoms with Gasteiger partial charge in [-0.1, -0.05) is 42.0 Å². The van der Waals surface area contributed by atoms with E-state index in [9.17, 15) is 24.8 Å². The third-order valence-corrected chi connectivity index (χ3v) is 5.77. The van der Waals surface area contributed by atoms with E-state index in [2.05, 4.69) is 0 Å². The van der Waals surface area contributed by atoms with Crippen LogP contribution in [0.3, 0.4) is 0 Å². The average molecular weight is 485 g/mol. The van der Waals surface area contributed by atoms with E-state index >= 15 is 0 Å². The minimum Gasteiger partial charge on any atom is -0.506 e. The maximum atomic E-state index is 12.5. The van der Waals surface area contributed by atoms with Gasteiger partial charge in [0.25, 0.3) is 11.6 Å². The number of nitro groups is 1. The van der Waals surface area contributed by atoms with E-state index in [1.807, 2.05) is 19.1 Å². The summed E-state index contributed by atoms with van der Waals surface area (Å²) in [4.78, 5) is 36.9. The zero-order valence-corrected chi connectivity index (χ0v) is 19.6. The summed E-state index contributed by atoms with van der Waals surface area (Å²) >= 11 is 0. The first kappa shape index (κ1) is 24.2. The standard InChI is InChI=1S/C27H23N3O6/c1-16-7-9-19(10-8-16)29(17(2)31)15-18-13-20(30(34)35)11-12-24(18)36-25-14-23(27(28)33)26(32)22-6-4-3-5-21(22)25/h3-14,32H,15H2,1-2H3,(H2,28,33). The van der Waals surface area contributed by atoms with Crippen LogP contribution in [0.2, 0.25) is 0 Å². The monoisotopic (exact) mass is 485 g/mol. The number of carbonyl (C=O) groups excluding carboxylic acids is 2. The first-order valence-electron chi connectivity index (χ1n) is 11.0. The molecule has 0 saturated heterocycles. The summed E-state index contributed by atoms with van der Waals surface area (Å²) in [5, 5.41) is 22.9. The number of nitrogens with zero attached hydrogens (tertiary/aromatic N) is 2. The Morgan fingerprint density at radius 2 is 1.67 bits per heavy atom. The topological polar surface area (TPSA) is 136 Å². The number of benzene rings is 4. The largest absolute Gasteiger partial charge is 0.506 e. The lowest BCUT2D eigenvalue weighted by Crippen LogP contribution is -2.28. The van der Waals surface area contributed by atoms with Crippen LogP contribution in [0.15, 0.2) is 72.8 Å². The average Bonchev–Trinajstić information content (AvgIpc) is 2.85. The molecule has 0 aliphatic heterocycles. The molecule has 0 atom stereocenters. The van der Waals surface area contributed by atoms with Crippen molar-refractivity contribution < 1.29 is 24.4 Å². The third kappa shape index (κ3) is 4.80.